The molecule has 0 radical (unpaired) electrons. The largest absolute Gasteiger partial charge is 0.493 e. The molecule has 0 N–H and O–H groups in total. The van der Waals surface area contributed by atoms with Crippen molar-refractivity contribution in [2.75, 3.05) is 14.2 Å². The molecule has 2 rings (SSSR count). The predicted octanol–water partition coefficient (Wildman–Crippen LogP) is 3.20. The number of rotatable bonds is 6. The second-order valence-electron chi connectivity index (χ2n) is 4.71. The standard InChI is InChI=1S/C17H17FO3/c1-20-16-8-5-13(11-17(16)21-2)10-15(19)9-12-3-6-14(18)7-4-12/h3-8,11H,9-10H2,1-2H3. The number of methoxy groups -OCH3 is 2. The lowest BCUT2D eigenvalue weighted by atomic mass is 10.0. The Kier molecular flexibility index (Phi) is 4.93. The van der Waals surface area contributed by atoms with Crippen LogP contribution < -0.4 is 9.47 Å². The third-order valence-corrected chi connectivity index (χ3v) is 3.16. The van der Waals surface area contributed by atoms with E-state index in [4.69, 9.17) is 9.47 Å². The molecule has 4 heteroatoms. The van der Waals surface area contributed by atoms with Crippen LogP contribution in [0.1, 0.15) is 11.1 Å². The number of benzene rings is 2. The van der Waals surface area contributed by atoms with E-state index in [1.807, 2.05) is 6.07 Å². The van der Waals surface area contributed by atoms with Gasteiger partial charge < -0.3 is 9.47 Å². The van der Waals surface area contributed by atoms with Gasteiger partial charge in [-0.15, -0.1) is 0 Å². The molecule has 0 spiro atoms. The van der Waals surface area contributed by atoms with Crippen LogP contribution in [0.5, 0.6) is 11.5 Å². The number of ether oxygens (including phenoxy) is 2. The number of Topliss-reactive ketones (excluding diaryl/α,β-unsaturated/α-hetero) is 1. The van der Waals surface area contributed by atoms with E-state index in [1.54, 1.807) is 38.5 Å². The van der Waals surface area contributed by atoms with Crippen LogP contribution in [-0.2, 0) is 17.6 Å². The predicted molar refractivity (Wildman–Crippen MR) is 78.4 cm³/mol. The van der Waals surface area contributed by atoms with Crippen LogP contribution >= 0.6 is 0 Å². The molecule has 0 aromatic heterocycles. The Hall–Kier alpha value is -2.36. The van der Waals surface area contributed by atoms with Crippen LogP contribution in [0, 0.1) is 5.82 Å². The molecule has 21 heavy (non-hydrogen) atoms. The van der Waals surface area contributed by atoms with E-state index in [0.717, 1.165) is 11.1 Å². The van der Waals surface area contributed by atoms with Gasteiger partial charge in [-0.25, -0.2) is 4.39 Å². The van der Waals surface area contributed by atoms with Gasteiger partial charge in [-0.3, -0.25) is 4.79 Å². The molecule has 0 saturated carbocycles. The third kappa shape index (κ3) is 4.05. The van der Waals surface area contributed by atoms with Gasteiger partial charge in [0.25, 0.3) is 0 Å². The molecular formula is C17H17FO3. The number of hydrogen-bond donors (Lipinski definition) is 0. The summed E-state index contributed by atoms with van der Waals surface area (Å²) in [5, 5.41) is 0. The van der Waals surface area contributed by atoms with Crippen molar-refractivity contribution in [2.45, 2.75) is 12.8 Å². The molecule has 2 aromatic carbocycles. The summed E-state index contributed by atoms with van der Waals surface area (Å²) in [6, 6.07) is 11.4. The zero-order valence-electron chi connectivity index (χ0n) is 12.1. The molecule has 110 valence electrons. The fraction of sp³-hybridized carbons (Fsp3) is 0.235. The van der Waals surface area contributed by atoms with Crippen LogP contribution in [0.2, 0.25) is 0 Å². The summed E-state index contributed by atoms with van der Waals surface area (Å²) < 4.78 is 23.2. The van der Waals surface area contributed by atoms with E-state index in [0.29, 0.717) is 17.9 Å². The number of ketones is 1. The highest BCUT2D eigenvalue weighted by atomic mass is 19.1. The van der Waals surface area contributed by atoms with Crippen molar-refractivity contribution in [2.24, 2.45) is 0 Å². The zero-order chi connectivity index (χ0) is 15.2. The molecule has 2 aromatic rings. The minimum Gasteiger partial charge on any atom is -0.493 e. The molecule has 0 aliphatic heterocycles. The van der Waals surface area contributed by atoms with E-state index in [-0.39, 0.29) is 18.0 Å². The Balaban J connectivity index is 2.04. The molecule has 0 atom stereocenters. The zero-order valence-corrected chi connectivity index (χ0v) is 12.1. The molecule has 0 fully saturated rings. The van der Waals surface area contributed by atoms with E-state index < -0.39 is 0 Å². The first-order valence-corrected chi connectivity index (χ1v) is 6.59. The molecule has 3 nitrogen and oxygen atoms in total. The molecular weight excluding hydrogens is 271 g/mol. The highest BCUT2D eigenvalue weighted by Crippen LogP contribution is 2.27. The monoisotopic (exact) mass is 288 g/mol. The second kappa shape index (κ2) is 6.88. The lowest BCUT2D eigenvalue weighted by Gasteiger charge is -2.09. The first kappa shape index (κ1) is 15.0. The van der Waals surface area contributed by atoms with Crippen molar-refractivity contribution < 1.29 is 18.7 Å². The summed E-state index contributed by atoms with van der Waals surface area (Å²) in [7, 11) is 3.12. The van der Waals surface area contributed by atoms with Crippen molar-refractivity contribution in [3.05, 3.63) is 59.4 Å². The highest BCUT2D eigenvalue weighted by Gasteiger charge is 2.09. The van der Waals surface area contributed by atoms with Crippen molar-refractivity contribution in [3.63, 3.8) is 0 Å². The van der Waals surface area contributed by atoms with Gasteiger partial charge in [0.15, 0.2) is 11.5 Å². The van der Waals surface area contributed by atoms with Gasteiger partial charge in [0.1, 0.15) is 11.6 Å². The maximum absolute atomic E-state index is 12.8. The van der Waals surface area contributed by atoms with E-state index in [9.17, 15) is 9.18 Å². The number of hydrogen-bond acceptors (Lipinski definition) is 3. The normalized spacial score (nSPS) is 10.2. The van der Waals surface area contributed by atoms with Crippen molar-refractivity contribution >= 4 is 5.78 Å². The lowest BCUT2D eigenvalue weighted by molar-refractivity contribution is -0.117. The molecule has 0 unspecified atom stereocenters. The van der Waals surface area contributed by atoms with Crippen molar-refractivity contribution in [1.82, 2.24) is 0 Å². The van der Waals surface area contributed by atoms with Crippen LogP contribution in [-0.4, -0.2) is 20.0 Å². The smallest absolute Gasteiger partial charge is 0.161 e. The van der Waals surface area contributed by atoms with Crippen LogP contribution in [0.25, 0.3) is 0 Å². The van der Waals surface area contributed by atoms with E-state index >= 15 is 0 Å². The maximum Gasteiger partial charge on any atom is 0.161 e. The third-order valence-electron chi connectivity index (χ3n) is 3.16. The highest BCUT2D eigenvalue weighted by molar-refractivity contribution is 5.83. The van der Waals surface area contributed by atoms with E-state index in [2.05, 4.69) is 0 Å². The Morgan fingerprint density at radius 3 is 2.10 bits per heavy atom. The van der Waals surface area contributed by atoms with Gasteiger partial charge in [-0.2, -0.15) is 0 Å². The first-order chi connectivity index (χ1) is 10.1. The fourth-order valence-electron chi connectivity index (χ4n) is 2.11. The van der Waals surface area contributed by atoms with Crippen molar-refractivity contribution in [3.8, 4) is 11.5 Å². The minimum absolute atomic E-state index is 0.0637. The summed E-state index contributed by atoms with van der Waals surface area (Å²) in [5.74, 6) is 0.997. The minimum atomic E-state index is -0.300. The number of carbonyl (C=O) groups excluding carboxylic acids is 1. The molecule has 0 heterocycles. The first-order valence-electron chi connectivity index (χ1n) is 6.59. The summed E-state index contributed by atoms with van der Waals surface area (Å²) in [5.41, 5.74) is 1.67. The van der Waals surface area contributed by atoms with Gasteiger partial charge in [0.05, 0.1) is 14.2 Å². The molecule has 0 bridgehead atoms. The molecule has 0 amide bonds. The van der Waals surface area contributed by atoms with Gasteiger partial charge in [-0.05, 0) is 35.4 Å². The van der Waals surface area contributed by atoms with Crippen LogP contribution in [0.15, 0.2) is 42.5 Å². The van der Waals surface area contributed by atoms with Crippen molar-refractivity contribution in [1.29, 1.82) is 0 Å². The summed E-state index contributed by atoms with van der Waals surface area (Å²) >= 11 is 0. The number of halogens is 1. The topological polar surface area (TPSA) is 35.5 Å². The fourth-order valence-corrected chi connectivity index (χ4v) is 2.11. The summed E-state index contributed by atoms with van der Waals surface area (Å²) in [4.78, 5) is 12.1. The van der Waals surface area contributed by atoms with E-state index in [1.165, 1.54) is 12.1 Å². The summed E-state index contributed by atoms with van der Waals surface area (Å²) in [6.07, 6.45) is 0.590. The average Bonchev–Trinajstić information content (AvgIpc) is 2.49. The molecule has 0 saturated heterocycles. The molecule has 0 aliphatic carbocycles. The molecule has 0 aliphatic rings. The Bertz CT molecular complexity index is 620. The second-order valence-corrected chi connectivity index (χ2v) is 4.71. The Labute approximate surface area is 123 Å². The average molecular weight is 288 g/mol. The van der Waals surface area contributed by atoms with Gasteiger partial charge in [0, 0.05) is 12.8 Å². The van der Waals surface area contributed by atoms with Gasteiger partial charge >= 0.3 is 0 Å². The SMILES string of the molecule is COc1ccc(CC(=O)Cc2ccc(F)cc2)cc1OC. The Morgan fingerprint density at radius 1 is 0.905 bits per heavy atom. The van der Waals surface area contributed by atoms with Gasteiger partial charge in [0.2, 0.25) is 0 Å². The Morgan fingerprint density at radius 2 is 1.48 bits per heavy atom. The maximum atomic E-state index is 12.8. The lowest BCUT2D eigenvalue weighted by Crippen LogP contribution is -2.07. The van der Waals surface area contributed by atoms with Crippen LogP contribution in [0.3, 0.4) is 0 Å². The quantitative estimate of drug-likeness (QED) is 0.819. The number of carbonyl (C=O) groups is 1. The summed E-state index contributed by atoms with van der Waals surface area (Å²) in [6.45, 7) is 0. The van der Waals surface area contributed by atoms with Gasteiger partial charge in [-0.1, -0.05) is 18.2 Å². The van der Waals surface area contributed by atoms with Crippen LogP contribution in [0.4, 0.5) is 4.39 Å².